The van der Waals surface area contributed by atoms with E-state index in [1.54, 1.807) is 0 Å². The van der Waals surface area contributed by atoms with Crippen LogP contribution in [-0.2, 0) is 0 Å². The predicted octanol–water partition coefficient (Wildman–Crippen LogP) is 6.73. The van der Waals surface area contributed by atoms with Crippen LogP contribution in [0.2, 0.25) is 0 Å². The Kier molecular flexibility index (Phi) is 3.87. The molecule has 5 rings (SSSR count). The van der Waals surface area contributed by atoms with Gasteiger partial charge in [-0.25, -0.2) is 4.39 Å². The second kappa shape index (κ2) is 6.39. The minimum atomic E-state index is -0.254. The first kappa shape index (κ1) is 16.3. The number of aromatic nitrogens is 2. The summed E-state index contributed by atoms with van der Waals surface area (Å²) in [7, 11) is 0. The van der Waals surface area contributed by atoms with Crippen molar-refractivity contribution >= 4 is 37.7 Å². The predicted molar refractivity (Wildman–Crippen MR) is 112 cm³/mol. The minimum Gasteiger partial charge on any atom is -0.361 e. The van der Waals surface area contributed by atoms with E-state index >= 15 is 0 Å². The first-order valence-corrected chi connectivity index (χ1v) is 9.58. The molecule has 2 aromatic heterocycles. The van der Waals surface area contributed by atoms with Crippen LogP contribution in [0, 0.1) is 5.82 Å². The van der Waals surface area contributed by atoms with Gasteiger partial charge in [0.15, 0.2) is 0 Å². The molecule has 0 aliphatic rings. The van der Waals surface area contributed by atoms with Crippen molar-refractivity contribution in [2.45, 2.75) is 5.92 Å². The molecule has 2 nitrogen and oxygen atoms in total. The Morgan fingerprint density at radius 3 is 1.85 bits per heavy atom. The maximum absolute atomic E-state index is 13.9. The fourth-order valence-corrected chi connectivity index (χ4v) is 4.28. The number of rotatable bonds is 3. The second-order valence-corrected chi connectivity index (χ2v) is 7.54. The van der Waals surface area contributed by atoms with Crippen molar-refractivity contribution in [1.82, 2.24) is 9.97 Å². The summed E-state index contributed by atoms with van der Waals surface area (Å²) in [6.07, 6.45) is 4.13. The molecule has 0 unspecified atom stereocenters. The zero-order valence-electron chi connectivity index (χ0n) is 14.3. The van der Waals surface area contributed by atoms with E-state index in [-0.39, 0.29) is 11.7 Å². The number of hydrogen-bond donors (Lipinski definition) is 2. The molecule has 27 heavy (non-hydrogen) atoms. The molecule has 0 fully saturated rings. The number of H-pyrrole nitrogens is 2. The zero-order valence-corrected chi connectivity index (χ0v) is 15.9. The molecule has 0 radical (unpaired) electrons. The van der Waals surface area contributed by atoms with Crippen molar-refractivity contribution in [3.05, 3.63) is 106 Å². The molecule has 5 aromatic rings. The van der Waals surface area contributed by atoms with Gasteiger partial charge in [-0.1, -0.05) is 42.5 Å². The number of fused-ring (bicyclic) bond motifs is 2. The van der Waals surface area contributed by atoms with Gasteiger partial charge in [0.1, 0.15) is 5.82 Å². The van der Waals surface area contributed by atoms with Gasteiger partial charge >= 0.3 is 0 Å². The Labute approximate surface area is 164 Å². The number of benzene rings is 3. The normalized spacial score (nSPS) is 11.7. The van der Waals surface area contributed by atoms with Crippen molar-refractivity contribution in [2.75, 3.05) is 0 Å². The maximum atomic E-state index is 13.9. The van der Waals surface area contributed by atoms with Crippen LogP contribution in [0.4, 0.5) is 4.39 Å². The number of hydrogen-bond acceptors (Lipinski definition) is 0. The van der Waals surface area contributed by atoms with Crippen molar-refractivity contribution in [3.63, 3.8) is 0 Å². The number of nitrogens with one attached hydrogen (secondary N) is 2. The van der Waals surface area contributed by atoms with E-state index in [1.807, 2.05) is 36.4 Å². The highest BCUT2D eigenvalue weighted by Gasteiger charge is 2.23. The maximum Gasteiger partial charge on any atom is 0.137 e. The summed E-state index contributed by atoms with van der Waals surface area (Å²) in [6, 6.07) is 21.8. The topological polar surface area (TPSA) is 31.6 Å². The monoisotopic (exact) mass is 418 g/mol. The average Bonchev–Trinajstić information content (AvgIpc) is 3.30. The molecule has 0 saturated carbocycles. The lowest BCUT2D eigenvalue weighted by Gasteiger charge is -2.18. The van der Waals surface area contributed by atoms with Gasteiger partial charge in [-0.05, 0) is 56.9 Å². The third-order valence-corrected chi connectivity index (χ3v) is 5.75. The molecule has 0 amide bonds. The highest BCUT2D eigenvalue weighted by Crippen LogP contribution is 2.40. The van der Waals surface area contributed by atoms with Crippen LogP contribution >= 0.6 is 15.9 Å². The van der Waals surface area contributed by atoms with E-state index in [0.717, 1.165) is 16.6 Å². The van der Waals surface area contributed by atoms with Crippen molar-refractivity contribution in [2.24, 2.45) is 0 Å². The molecule has 0 aliphatic carbocycles. The zero-order chi connectivity index (χ0) is 18.4. The summed E-state index contributed by atoms with van der Waals surface area (Å²) in [4.78, 5) is 6.76. The van der Waals surface area contributed by atoms with Crippen molar-refractivity contribution < 1.29 is 4.39 Å². The summed E-state index contributed by atoms with van der Waals surface area (Å²) in [5.74, 6) is -0.274. The summed E-state index contributed by atoms with van der Waals surface area (Å²) in [6.45, 7) is 0. The molecule has 4 heteroatoms. The fraction of sp³-hybridized carbons (Fsp3) is 0.0435. The van der Waals surface area contributed by atoms with E-state index < -0.39 is 0 Å². The first-order valence-electron chi connectivity index (χ1n) is 8.79. The van der Waals surface area contributed by atoms with Crippen LogP contribution in [0.25, 0.3) is 21.8 Å². The Bertz CT molecular complexity index is 1190. The van der Waals surface area contributed by atoms with Crippen LogP contribution in [-0.4, -0.2) is 9.97 Å². The molecular weight excluding hydrogens is 403 g/mol. The van der Waals surface area contributed by atoms with Gasteiger partial charge in [-0.15, -0.1) is 0 Å². The summed E-state index contributed by atoms with van der Waals surface area (Å²) in [5.41, 5.74) is 5.58. The van der Waals surface area contributed by atoms with Crippen molar-refractivity contribution in [1.29, 1.82) is 0 Å². The summed E-state index contributed by atoms with van der Waals surface area (Å²) in [5, 5.41) is 2.35. The van der Waals surface area contributed by atoms with Crippen LogP contribution in [0.5, 0.6) is 0 Å². The molecule has 2 N–H and O–H groups in total. The Hall–Kier alpha value is -2.85. The average molecular weight is 419 g/mol. The SMILES string of the molecule is Fc1ccc(C(c2c[nH]c3ccccc23)c2c[nH]c3ccccc23)cc1Br. The first-order chi connectivity index (χ1) is 13.2. The second-order valence-electron chi connectivity index (χ2n) is 6.69. The van der Waals surface area contributed by atoms with Gasteiger partial charge in [0.2, 0.25) is 0 Å². The molecule has 2 heterocycles. The minimum absolute atomic E-state index is 0.0193. The lowest BCUT2D eigenvalue weighted by molar-refractivity contribution is 0.620. The highest BCUT2D eigenvalue weighted by atomic mass is 79.9. The number of para-hydroxylation sites is 2. The molecule has 0 atom stereocenters. The molecule has 3 aromatic carbocycles. The Morgan fingerprint density at radius 1 is 0.741 bits per heavy atom. The molecule has 0 spiro atoms. The summed E-state index contributed by atoms with van der Waals surface area (Å²) >= 11 is 3.35. The third kappa shape index (κ3) is 2.68. The molecule has 132 valence electrons. The molecular formula is C23H16BrFN2. The van der Waals surface area contributed by atoms with E-state index in [9.17, 15) is 4.39 Å². The van der Waals surface area contributed by atoms with Gasteiger partial charge in [-0.2, -0.15) is 0 Å². The van der Waals surface area contributed by atoms with Gasteiger partial charge in [0.25, 0.3) is 0 Å². The molecule has 0 saturated heterocycles. The third-order valence-electron chi connectivity index (χ3n) is 5.14. The van der Waals surface area contributed by atoms with Crippen molar-refractivity contribution in [3.8, 4) is 0 Å². The largest absolute Gasteiger partial charge is 0.361 e. The molecule has 0 aliphatic heterocycles. The Balaban J connectivity index is 1.81. The number of halogens is 2. The van der Waals surface area contributed by atoms with E-state index in [2.05, 4.69) is 62.6 Å². The van der Waals surface area contributed by atoms with E-state index in [4.69, 9.17) is 0 Å². The van der Waals surface area contributed by atoms with Gasteiger partial charge in [0.05, 0.1) is 4.47 Å². The Morgan fingerprint density at radius 2 is 1.30 bits per heavy atom. The van der Waals surface area contributed by atoms with Gasteiger partial charge in [0, 0.05) is 40.1 Å². The molecule has 0 bridgehead atoms. The van der Waals surface area contributed by atoms with E-state index in [0.29, 0.717) is 4.47 Å². The van der Waals surface area contributed by atoms with Crippen LogP contribution in [0.15, 0.2) is 83.6 Å². The van der Waals surface area contributed by atoms with Gasteiger partial charge in [-0.3, -0.25) is 0 Å². The summed E-state index contributed by atoms with van der Waals surface area (Å²) < 4.78 is 14.4. The quantitative estimate of drug-likeness (QED) is 0.325. The smallest absolute Gasteiger partial charge is 0.137 e. The lowest BCUT2D eigenvalue weighted by Crippen LogP contribution is -2.03. The number of aromatic amines is 2. The fourth-order valence-electron chi connectivity index (χ4n) is 3.88. The van der Waals surface area contributed by atoms with Gasteiger partial charge < -0.3 is 9.97 Å². The van der Waals surface area contributed by atoms with Crippen LogP contribution in [0.1, 0.15) is 22.6 Å². The standard InChI is InChI=1S/C23H16BrFN2/c24-19-11-14(9-10-20(19)25)23(17-12-26-21-7-3-1-5-15(17)21)18-13-27-22-8-4-2-6-16(18)22/h1-13,23,26-27H. The van der Waals surface area contributed by atoms with E-state index in [1.165, 1.54) is 28.0 Å². The lowest BCUT2D eigenvalue weighted by atomic mass is 9.85. The van der Waals surface area contributed by atoms with Crippen LogP contribution < -0.4 is 0 Å². The highest BCUT2D eigenvalue weighted by molar-refractivity contribution is 9.10. The van der Waals surface area contributed by atoms with Crippen LogP contribution in [0.3, 0.4) is 0 Å².